The van der Waals surface area contributed by atoms with Crippen molar-refractivity contribution in [1.29, 1.82) is 0 Å². The van der Waals surface area contributed by atoms with E-state index in [0.29, 0.717) is 49.6 Å². The van der Waals surface area contributed by atoms with Gasteiger partial charge in [0.15, 0.2) is 0 Å². The van der Waals surface area contributed by atoms with Gasteiger partial charge in [-0.2, -0.15) is 0 Å². The summed E-state index contributed by atoms with van der Waals surface area (Å²) < 4.78 is 15.5. The van der Waals surface area contributed by atoms with Crippen LogP contribution in [-0.4, -0.2) is 46.7 Å². The highest BCUT2D eigenvalue weighted by Gasteiger charge is 2.03. The lowest BCUT2D eigenvalue weighted by Crippen LogP contribution is -2.13. The summed E-state index contributed by atoms with van der Waals surface area (Å²) in [5, 5.41) is 4.36. The quantitative estimate of drug-likeness (QED) is 0.674. The maximum absolute atomic E-state index is 6.02. The zero-order valence-electron chi connectivity index (χ0n) is 11.0. The second-order valence-electron chi connectivity index (χ2n) is 3.74. The van der Waals surface area contributed by atoms with Gasteiger partial charge in [0.1, 0.15) is 0 Å². The van der Waals surface area contributed by atoms with Crippen LogP contribution in [0.5, 0.6) is 0 Å². The van der Waals surface area contributed by atoms with Gasteiger partial charge in [-0.25, -0.2) is 0 Å². The van der Waals surface area contributed by atoms with Crippen LogP contribution in [-0.2, 0) is 14.2 Å². The van der Waals surface area contributed by atoms with Crippen LogP contribution < -0.4 is 5.32 Å². The molecule has 0 aliphatic carbocycles. The van der Waals surface area contributed by atoms with Crippen LogP contribution in [0.3, 0.4) is 0 Å². The fraction of sp³-hybridized carbons (Fsp3) is 0.538. The first kappa shape index (κ1) is 16.5. The minimum absolute atomic E-state index is 0.557. The SMILES string of the molecule is COCCOCCOCCNc1c(Cl)cccc1Cl. The van der Waals surface area contributed by atoms with Crippen molar-refractivity contribution < 1.29 is 14.2 Å². The van der Waals surface area contributed by atoms with E-state index < -0.39 is 0 Å². The van der Waals surface area contributed by atoms with Crippen molar-refractivity contribution in [2.75, 3.05) is 52.0 Å². The van der Waals surface area contributed by atoms with Gasteiger partial charge in [-0.3, -0.25) is 0 Å². The average molecular weight is 308 g/mol. The Morgan fingerprint density at radius 3 is 2.16 bits per heavy atom. The molecule has 1 rings (SSSR count). The number of methoxy groups -OCH3 is 1. The lowest BCUT2D eigenvalue weighted by Gasteiger charge is -2.10. The summed E-state index contributed by atoms with van der Waals surface area (Å²) in [6.45, 7) is 3.52. The first-order valence-corrected chi connectivity index (χ1v) is 6.83. The van der Waals surface area contributed by atoms with Crippen molar-refractivity contribution in [1.82, 2.24) is 0 Å². The summed E-state index contributed by atoms with van der Waals surface area (Å²) in [7, 11) is 1.64. The molecule has 0 bridgehead atoms. The summed E-state index contributed by atoms with van der Waals surface area (Å²) in [5.74, 6) is 0. The molecule has 1 aromatic carbocycles. The lowest BCUT2D eigenvalue weighted by atomic mass is 10.3. The standard InChI is InChI=1S/C13H19Cl2NO3/c1-17-7-8-19-10-9-18-6-5-16-13-11(14)3-2-4-12(13)15/h2-4,16H,5-10H2,1H3. The molecule has 0 radical (unpaired) electrons. The Hall–Kier alpha value is -0.520. The molecule has 0 atom stereocenters. The predicted octanol–water partition coefficient (Wildman–Crippen LogP) is 3.08. The average Bonchev–Trinajstić information content (AvgIpc) is 2.40. The number of benzene rings is 1. The number of anilines is 1. The molecule has 0 aliphatic heterocycles. The third-order valence-electron chi connectivity index (χ3n) is 2.31. The van der Waals surface area contributed by atoms with E-state index in [1.165, 1.54) is 0 Å². The van der Waals surface area contributed by atoms with Gasteiger partial charge in [0.2, 0.25) is 0 Å². The molecule has 6 heteroatoms. The maximum atomic E-state index is 6.02. The molecule has 0 spiro atoms. The molecule has 0 fully saturated rings. The highest BCUT2D eigenvalue weighted by atomic mass is 35.5. The van der Waals surface area contributed by atoms with Crippen LogP contribution in [0.25, 0.3) is 0 Å². The van der Waals surface area contributed by atoms with E-state index in [2.05, 4.69) is 5.32 Å². The van der Waals surface area contributed by atoms with Crippen molar-refractivity contribution in [3.63, 3.8) is 0 Å². The van der Waals surface area contributed by atoms with Gasteiger partial charge in [0, 0.05) is 13.7 Å². The van der Waals surface area contributed by atoms with Crippen molar-refractivity contribution in [2.45, 2.75) is 0 Å². The van der Waals surface area contributed by atoms with Gasteiger partial charge >= 0.3 is 0 Å². The highest BCUT2D eigenvalue weighted by molar-refractivity contribution is 6.39. The molecule has 0 amide bonds. The smallest absolute Gasteiger partial charge is 0.0719 e. The first-order chi connectivity index (χ1) is 9.25. The van der Waals surface area contributed by atoms with Gasteiger partial charge in [-0.15, -0.1) is 0 Å². The fourth-order valence-corrected chi connectivity index (χ4v) is 1.91. The van der Waals surface area contributed by atoms with Gasteiger partial charge in [0.05, 0.1) is 48.8 Å². The summed E-state index contributed by atoms with van der Waals surface area (Å²) in [6, 6.07) is 5.39. The van der Waals surface area contributed by atoms with E-state index in [0.717, 1.165) is 5.69 Å². The van der Waals surface area contributed by atoms with Crippen molar-refractivity contribution in [2.24, 2.45) is 0 Å². The molecule has 0 aromatic heterocycles. The molecule has 0 heterocycles. The van der Waals surface area contributed by atoms with E-state index in [1.807, 2.05) is 6.07 Å². The maximum Gasteiger partial charge on any atom is 0.0719 e. The minimum atomic E-state index is 0.557. The van der Waals surface area contributed by atoms with E-state index in [9.17, 15) is 0 Å². The lowest BCUT2D eigenvalue weighted by molar-refractivity contribution is 0.0272. The van der Waals surface area contributed by atoms with Crippen molar-refractivity contribution in [3.8, 4) is 0 Å². The Morgan fingerprint density at radius 1 is 0.947 bits per heavy atom. The summed E-state index contributed by atoms with van der Waals surface area (Å²) in [6.07, 6.45) is 0. The van der Waals surface area contributed by atoms with Crippen LogP contribution >= 0.6 is 23.2 Å². The first-order valence-electron chi connectivity index (χ1n) is 6.08. The Bertz CT molecular complexity index is 343. The number of halogens is 2. The largest absolute Gasteiger partial charge is 0.382 e. The number of hydrogen-bond donors (Lipinski definition) is 1. The van der Waals surface area contributed by atoms with Gasteiger partial charge in [-0.05, 0) is 12.1 Å². The third-order valence-corrected chi connectivity index (χ3v) is 2.94. The molecule has 108 valence electrons. The second-order valence-corrected chi connectivity index (χ2v) is 4.56. The zero-order chi connectivity index (χ0) is 13.9. The Morgan fingerprint density at radius 2 is 1.53 bits per heavy atom. The van der Waals surface area contributed by atoms with Crippen molar-refractivity contribution >= 4 is 28.9 Å². The molecule has 1 N–H and O–H groups in total. The van der Waals surface area contributed by atoms with E-state index in [1.54, 1.807) is 19.2 Å². The Balaban J connectivity index is 2.05. The molecule has 0 saturated carbocycles. The monoisotopic (exact) mass is 307 g/mol. The second kappa shape index (κ2) is 10.3. The summed E-state index contributed by atoms with van der Waals surface area (Å²) in [5.41, 5.74) is 0.741. The van der Waals surface area contributed by atoms with Crippen molar-refractivity contribution in [3.05, 3.63) is 28.2 Å². The number of hydrogen-bond acceptors (Lipinski definition) is 4. The van der Waals surface area contributed by atoms with Crippen LogP contribution in [0, 0.1) is 0 Å². The van der Waals surface area contributed by atoms with Gasteiger partial charge in [0.25, 0.3) is 0 Å². The van der Waals surface area contributed by atoms with Crippen LogP contribution in [0.15, 0.2) is 18.2 Å². The minimum Gasteiger partial charge on any atom is -0.382 e. The Kier molecular flexibility index (Phi) is 8.95. The molecule has 1 aromatic rings. The third kappa shape index (κ3) is 6.99. The van der Waals surface area contributed by atoms with Crippen LogP contribution in [0.1, 0.15) is 0 Å². The molecule has 0 aliphatic rings. The van der Waals surface area contributed by atoms with E-state index >= 15 is 0 Å². The molecule has 19 heavy (non-hydrogen) atoms. The number of ether oxygens (including phenoxy) is 3. The predicted molar refractivity (Wildman–Crippen MR) is 78.5 cm³/mol. The van der Waals surface area contributed by atoms with E-state index in [4.69, 9.17) is 37.4 Å². The van der Waals surface area contributed by atoms with Gasteiger partial charge < -0.3 is 19.5 Å². The number of nitrogens with one attached hydrogen (secondary N) is 1. The normalized spacial score (nSPS) is 10.7. The fourth-order valence-electron chi connectivity index (χ4n) is 1.38. The molecule has 0 saturated heterocycles. The molecular weight excluding hydrogens is 289 g/mol. The topological polar surface area (TPSA) is 39.7 Å². The molecule has 0 unspecified atom stereocenters. The Labute approximate surface area is 123 Å². The summed E-state index contributed by atoms with van der Waals surface area (Å²) in [4.78, 5) is 0. The van der Waals surface area contributed by atoms with Crippen LogP contribution in [0.2, 0.25) is 10.0 Å². The number of rotatable bonds is 10. The number of para-hydroxylation sites is 1. The zero-order valence-corrected chi connectivity index (χ0v) is 12.5. The van der Waals surface area contributed by atoms with Gasteiger partial charge in [-0.1, -0.05) is 29.3 Å². The highest BCUT2D eigenvalue weighted by Crippen LogP contribution is 2.29. The summed E-state index contributed by atoms with van der Waals surface area (Å²) >= 11 is 12.0. The van der Waals surface area contributed by atoms with E-state index in [-0.39, 0.29) is 0 Å². The molecular formula is C13H19Cl2NO3. The molecule has 4 nitrogen and oxygen atoms in total. The van der Waals surface area contributed by atoms with Crippen LogP contribution in [0.4, 0.5) is 5.69 Å².